The van der Waals surface area contributed by atoms with E-state index in [9.17, 15) is 9.18 Å². The highest BCUT2D eigenvalue weighted by molar-refractivity contribution is 9.10. The molecule has 2 aromatic rings. The van der Waals surface area contributed by atoms with Gasteiger partial charge in [0.2, 0.25) is 0 Å². The molecule has 2 rings (SSSR count). The van der Waals surface area contributed by atoms with E-state index in [1.807, 2.05) is 13.0 Å². The highest BCUT2D eigenvalue weighted by atomic mass is 79.9. The Morgan fingerprint density at radius 1 is 1.30 bits per heavy atom. The van der Waals surface area contributed by atoms with E-state index >= 15 is 0 Å². The third kappa shape index (κ3) is 2.82. The lowest BCUT2D eigenvalue weighted by Crippen LogP contribution is -2.31. The maximum atomic E-state index is 13.5. The maximum Gasteiger partial charge on any atom is 0.258 e. The molecule has 20 heavy (non-hydrogen) atoms. The molecule has 0 spiro atoms. The number of halogens is 2. The number of carbonyl (C=O) groups excluding carboxylic acids is 1. The molecule has 0 unspecified atom stereocenters. The van der Waals surface area contributed by atoms with Crippen molar-refractivity contribution in [1.29, 1.82) is 0 Å². The summed E-state index contributed by atoms with van der Waals surface area (Å²) in [7, 11) is 0. The number of nitrogens with two attached hydrogens (primary N) is 1. The lowest BCUT2D eigenvalue weighted by Gasteiger charge is -2.22. The Balaban J connectivity index is 2.39. The molecule has 0 aliphatic heterocycles. The summed E-state index contributed by atoms with van der Waals surface area (Å²) in [4.78, 5) is 14.0. The molecule has 5 heteroatoms. The van der Waals surface area contributed by atoms with Gasteiger partial charge in [-0.2, -0.15) is 0 Å². The normalized spacial score (nSPS) is 10.3. The lowest BCUT2D eigenvalue weighted by molar-refractivity contribution is 0.0988. The summed E-state index contributed by atoms with van der Waals surface area (Å²) >= 11 is 3.07. The zero-order chi connectivity index (χ0) is 14.7. The van der Waals surface area contributed by atoms with E-state index in [0.29, 0.717) is 22.4 Å². The van der Waals surface area contributed by atoms with Crippen LogP contribution in [0.1, 0.15) is 17.3 Å². The third-order valence-electron chi connectivity index (χ3n) is 2.96. The predicted octanol–water partition coefficient (Wildman–Crippen LogP) is 3.84. The van der Waals surface area contributed by atoms with Crippen LogP contribution in [0.5, 0.6) is 0 Å². The molecule has 0 heterocycles. The van der Waals surface area contributed by atoms with Crippen molar-refractivity contribution in [2.75, 3.05) is 17.2 Å². The number of hydrogen-bond acceptors (Lipinski definition) is 2. The van der Waals surface area contributed by atoms with Crippen molar-refractivity contribution in [2.45, 2.75) is 6.92 Å². The number of anilines is 2. The molecule has 0 aromatic heterocycles. The molecule has 0 atom stereocenters. The first-order valence-corrected chi connectivity index (χ1v) is 6.95. The molecule has 0 radical (unpaired) electrons. The van der Waals surface area contributed by atoms with Gasteiger partial charge in [0.25, 0.3) is 5.91 Å². The topological polar surface area (TPSA) is 46.3 Å². The van der Waals surface area contributed by atoms with Crippen molar-refractivity contribution >= 4 is 33.2 Å². The second-order valence-corrected chi connectivity index (χ2v) is 5.09. The summed E-state index contributed by atoms with van der Waals surface area (Å²) in [5.41, 5.74) is 7.32. The van der Waals surface area contributed by atoms with Crippen LogP contribution in [0.4, 0.5) is 15.8 Å². The summed E-state index contributed by atoms with van der Waals surface area (Å²) in [6, 6.07) is 11.4. The number of carbonyl (C=O) groups is 1. The van der Waals surface area contributed by atoms with E-state index in [2.05, 4.69) is 15.9 Å². The molecule has 0 saturated carbocycles. The number of rotatable bonds is 3. The van der Waals surface area contributed by atoms with Crippen LogP contribution in [0.15, 0.2) is 46.9 Å². The highest BCUT2D eigenvalue weighted by Crippen LogP contribution is 2.25. The Morgan fingerprint density at radius 3 is 2.60 bits per heavy atom. The van der Waals surface area contributed by atoms with Gasteiger partial charge >= 0.3 is 0 Å². The number of nitrogens with zero attached hydrogens (tertiary/aromatic N) is 1. The molecule has 0 aliphatic carbocycles. The molecule has 2 aromatic carbocycles. The standard InChI is InChI=1S/C15H14BrFN2O/c1-2-19(14-6-4-3-5-13(14)18)15(20)10-7-8-11(16)12(17)9-10/h3-9H,2,18H2,1H3. The van der Waals surface area contributed by atoms with Gasteiger partial charge in [-0.15, -0.1) is 0 Å². The number of benzene rings is 2. The summed E-state index contributed by atoms with van der Waals surface area (Å²) < 4.78 is 13.9. The average Bonchev–Trinajstić information content (AvgIpc) is 2.44. The Hall–Kier alpha value is -1.88. The fraction of sp³-hybridized carbons (Fsp3) is 0.133. The molecule has 3 nitrogen and oxygen atoms in total. The number of amides is 1. The highest BCUT2D eigenvalue weighted by Gasteiger charge is 2.18. The van der Waals surface area contributed by atoms with Crippen LogP contribution in [-0.2, 0) is 0 Å². The van der Waals surface area contributed by atoms with Crippen LogP contribution in [-0.4, -0.2) is 12.5 Å². The van der Waals surface area contributed by atoms with Crippen molar-refractivity contribution in [2.24, 2.45) is 0 Å². The Labute approximate surface area is 125 Å². The van der Waals surface area contributed by atoms with E-state index in [4.69, 9.17) is 5.73 Å². The minimum Gasteiger partial charge on any atom is -0.397 e. The number of nitrogen functional groups attached to an aromatic ring is 1. The van der Waals surface area contributed by atoms with Crippen LogP contribution < -0.4 is 10.6 Å². The first-order chi connectivity index (χ1) is 9.54. The average molecular weight is 337 g/mol. The molecule has 2 N–H and O–H groups in total. The Kier molecular flexibility index (Phi) is 4.39. The van der Waals surface area contributed by atoms with E-state index in [1.165, 1.54) is 17.0 Å². The van der Waals surface area contributed by atoms with Crippen LogP contribution in [0.3, 0.4) is 0 Å². The monoisotopic (exact) mass is 336 g/mol. The molecule has 0 fully saturated rings. The van der Waals surface area contributed by atoms with Gasteiger partial charge in [0, 0.05) is 12.1 Å². The van der Waals surface area contributed by atoms with Crippen molar-refractivity contribution in [1.82, 2.24) is 0 Å². The zero-order valence-corrected chi connectivity index (χ0v) is 12.5. The summed E-state index contributed by atoms with van der Waals surface area (Å²) in [6.07, 6.45) is 0. The minimum absolute atomic E-state index is 0.281. The summed E-state index contributed by atoms with van der Waals surface area (Å²) in [6.45, 7) is 2.30. The van der Waals surface area contributed by atoms with Gasteiger partial charge < -0.3 is 10.6 Å². The molecule has 1 amide bonds. The largest absolute Gasteiger partial charge is 0.397 e. The van der Waals surface area contributed by atoms with Gasteiger partial charge in [-0.05, 0) is 53.2 Å². The van der Waals surface area contributed by atoms with Crippen molar-refractivity contribution in [3.63, 3.8) is 0 Å². The molecular weight excluding hydrogens is 323 g/mol. The van der Waals surface area contributed by atoms with Crippen molar-refractivity contribution < 1.29 is 9.18 Å². The lowest BCUT2D eigenvalue weighted by atomic mass is 10.1. The second-order valence-electron chi connectivity index (χ2n) is 4.24. The predicted molar refractivity (Wildman–Crippen MR) is 82.3 cm³/mol. The molecular formula is C15H14BrFN2O. The van der Waals surface area contributed by atoms with Crippen LogP contribution in [0.2, 0.25) is 0 Å². The molecule has 0 bridgehead atoms. The van der Waals surface area contributed by atoms with E-state index < -0.39 is 5.82 Å². The van der Waals surface area contributed by atoms with Gasteiger partial charge in [-0.1, -0.05) is 12.1 Å². The molecule has 104 valence electrons. The smallest absolute Gasteiger partial charge is 0.258 e. The number of hydrogen-bond donors (Lipinski definition) is 1. The quantitative estimate of drug-likeness (QED) is 0.865. The zero-order valence-electron chi connectivity index (χ0n) is 10.9. The Bertz CT molecular complexity index is 646. The summed E-state index contributed by atoms with van der Waals surface area (Å²) in [5, 5.41) is 0. The fourth-order valence-corrected chi connectivity index (χ4v) is 2.19. The van der Waals surface area contributed by atoms with E-state index in [0.717, 1.165) is 0 Å². The summed E-state index contributed by atoms with van der Waals surface area (Å²) in [5.74, 6) is -0.746. The maximum absolute atomic E-state index is 13.5. The number of para-hydroxylation sites is 2. The fourth-order valence-electron chi connectivity index (χ4n) is 1.94. The first-order valence-electron chi connectivity index (χ1n) is 6.16. The van der Waals surface area contributed by atoms with E-state index in [1.54, 1.807) is 24.3 Å². The van der Waals surface area contributed by atoms with Gasteiger partial charge in [0.15, 0.2) is 0 Å². The van der Waals surface area contributed by atoms with Crippen molar-refractivity contribution in [3.8, 4) is 0 Å². The minimum atomic E-state index is -0.465. The van der Waals surface area contributed by atoms with Gasteiger partial charge in [0.05, 0.1) is 15.8 Å². The molecule has 0 aliphatic rings. The Morgan fingerprint density at radius 2 is 2.00 bits per heavy atom. The third-order valence-corrected chi connectivity index (χ3v) is 3.60. The molecule has 0 saturated heterocycles. The van der Waals surface area contributed by atoms with Gasteiger partial charge in [-0.25, -0.2) is 4.39 Å². The second kappa shape index (κ2) is 6.05. The van der Waals surface area contributed by atoms with Crippen LogP contribution >= 0.6 is 15.9 Å². The SMILES string of the molecule is CCN(C(=O)c1ccc(Br)c(F)c1)c1ccccc1N. The van der Waals surface area contributed by atoms with Crippen molar-refractivity contribution in [3.05, 3.63) is 58.3 Å². The van der Waals surface area contributed by atoms with Gasteiger partial charge in [-0.3, -0.25) is 4.79 Å². The first kappa shape index (κ1) is 14.5. The van der Waals surface area contributed by atoms with Gasteiger partial charge in [0.1, 0.15) is 5.82 Å². The van der Waals surface area contributed by atoms with E-state index in [-0.39, 0.29) is 11.5 Å². The van der Waals surface area contributed by atoms with Crippen LogP contribution in [0, 0.1) is 5.82 Å². The van der Waals surface area contributed by atoms with Crippen LogP contribution in [0.25, 0.3) is 0 Å².